The average Bonchev–Trinajstić information content (AvgIpc) is 2.70. The highest BCUT2D eigenvalue weighted by Gasteiger charge is 2.18. The Kier molecular flexibility index (Phi) is 13.7. The molecule has 1 aromatic carbocycles. The normalized spacial score (nSPS) is 10.6. The van der Waals surface area contributed by atoms with Gasteiger partial charge >= 0.3 is 29.8 Å². The van der Waals surface area contributed by atoms with Crippen molar-refractivity contribution in [3.8, 4) is 11.5 Å². The first-order valence-corrected chi connectivity index (χ1v) is 9.43. The minimum atomic E-state index is -1.23. The Balaban J connectivity index is 0.000000679. The Hall–Kier alpha value is -4.17. The van der Waals surface area contributed by atoms with Crippen molar-refractivity contribution in [3.05, 3.63) is 29.8 Å². The maximum atomic E-state index is 10.6. The molecule has 0 atom stereocenters. The molecule has 1 rings (SSSR count). The molecule has 6 N–H and O–H groups in total. The molecule has 0 aliphatic rings. The van der Waals surface area contributed by atoms with E-state index < -0.39 is 56.0 Å². The molecule has 0 amide bonds. The van der Waals surface area contributed by atoms with Crippen LogP contribution in [-0.2, 0) is 24.0 Å². The van der Waals surface area contributed by atoms with Gasteiger partial charge in [0, 0.05) is 19.2 Å². The minimum absolute atomic E-state index is 0.0278. The first-order valence-electron chi connectivity index (χ1n) is 9.43. The lowest BCUT2D eigenvalue weighted by atomic mass is 10.2. The number of aromatic hydroxyl groups is 1. The van der Waals surface area contributed by atoms with Crippen molar-refractivity contribution >= 4 is 35.9 Å². The van der Waals surface area contributed by atoms with Crippen LogP contribution in [0, 0.1) is 0 Å². The third-order valence-electron chi connectivity index (χ3n) is 3.79. The van der Waals surface area contributed by atoms with Crippen LogP contribution < -0.4 is 4.74 Å². The maximum absolute atomic E-state index is 10.6. The molecule has 14 nitrogen and oxygen atoms in total. The lowest BCUT2D eigenvalue weighted by molar-refractivity contribution is -0.145. The van der Waals surface area contributed by atoms with Gasteiger partial charge in [-0.25, -0.2) is 4.79 Å². The largest absolute Gasteiger partial charge is 0.504 e. The van der Waals surface area contributed by atoms with Crippen LogP contribution in [0.5, 0.6) is 11.5 Å². The van der Waals surface area contributed by atoms with Crippen molar-refractivity contribution in [3.63, 3.8) is 0 Å². The smallest absolute Gasteiger partial charge is 0.328 e. The van der Waals surface area contributed by atoms with Gasteiger partial charge in [-0.1, -0.05) is 6.07 Å². The predicted molar refractivity (Wildman–Crippen MR) is 115 cm³/mol. The molecule has 0 bridgehead atoms. The van der Waals surface area contributed by atoms with E-state index in [1.807, 2.05) is 0 Å². The second-order valence-electron chi connectivity index (χ2n) is 6.60. The molecule has 0 unspecified atom stereocenters. The molecule has 0 radical (unpaired) electrons. The van der Waals surface area contributed by atoms with E-state index in [2.05, 4.69) is 0 Å². The van der Waals surface area contributed by atoms with E-state index in [1.54, 1.807) is 12.1 Å². The zero-order valence-corrected chi connectivity index (χ0v) is 18.2. The van der Waals surface area contributed by atoms with Gasteiger partial charge in [0.15, 0.2) is 11.5 Å². The summed E-state index contributed by atoms with van der Waals surface area (Å²) in [7, 11) is 1.43. The number of phenols is 1. The standard InChI is InChI=1S/C10H16N2O8.C10H10O4/c13-7(14)3-11(4-8(15)16)1-2-12(5-9(17)18)6-10(19)20;1-14-9-6-7(2-4-8(9)11)3-5-10(12)13/h1-6H2,(H,13,14)(H,15,16)(H,17,18)(H,19,20);2-6,11H,1H3,(H,12,13). The second kappa shape index (κ2) is 15.6. The fourth-order valence-electron chi connectivity index (χ4n) is 2.44. The number of rotatable bonds is 14. The molecular weight excluding hydrogens is 460 g/mol. The fraction of sp³-hybridized carbons (Fsp3) is 0.350. The summed E-state index contributed by atoms with van der Waals surface area (Å²) < 4.78 is 4.86. The van der Waals surface area contributed by atoms with Gasteiger partial charge in [-0.15, -0.1) is 0 Å². The topological polar surface area (TPSA) is 222 Å². The predicted octanol–water partition coefficient (Wildman–Crippen LogP) is -0.573. The Morgan fingerprint density at radius 1 is 0.794 bits per heavy atom. The van der Waals surface area contributed by atoms with Gasteiger partial charge in [0.2, 0.25) is 0 Å². The van der Waals surface area contributed by atoms with Crippen molar-refractivity contribution in [2.24, 2.45) is 0 Å². The van der Waals surface area contributed by atoms with Crippen molar-refractivity contribution in [2.75, 3.05) is 46.4 Å². The number of nitrogens with zero attached hydrogens (tertiary/aromatic N) is 2. The number of hydrogen-bond donors (Lipinski definition) is 6. The Morgan fingerprint density at radius 2 is 1.21 bits per heavy atom. The van der Waals surface area contributed by atoms with E-state index in [1.165, 1.54) is 19.3 Å². The summed E-state index contributed by atoms with van der Waals surface area (Å²) in [6.07, 6.45) is 2.44. The van der Waals surface area contributed by atoms with Crippen LogP contribution in [0.15, 0.2) is 24.3 Å². The van der Waals surface area contributed by atoms with Crippen molar-refractivity contribution in [2.45, 2.75) is 0 Å². The number of carbonyl (C=O) groups is 5. The van der Waals surface area contributed by atoms with Gasteiger partial charge in [0.25, 0.3) is 0 Å². The van der Waals surface area contributed by atoms with Crippen LogP contribution in [0.3, 0.4) is 0 Å². The SMILES string of the molecule is COc1cc(C=CC(=O)O)ccc1O.O=C(O)CN(CCN(CC(=O)O)CC(=O)O)CC(=O)O. The number of phenolic OH excluding ortho intramolecular Hbond substituents is 1. The van der Waals surface area contributed by atoms with Crippen LogP contribution in [0.2, 0.25) is 0 Å². The van der Waals surface area contributed by atoms with Gasteiger partial charge in [0.05, 0.1) is 33.3 Å². The first kappa shape index (κ1) is 29.8. The van der Waals surface area contributed by atoms with Crippen LogP contribution in [0.25, 0.3) is 6.08 Å². The summed E-state index contributed by atoms with van der Waals surface area (Å²) in [6, 6.07) is 4.59. The highest BCUT2D eigenvalue weighted by Crippen LogP contribution is 2.26. The number of hydrogen-bond acceptors (Lipinski definition) is 9. The number of carboxylic acids is 5. The van der Waals surface area contributed by atoms with Crippen LogP contribution in [0.1, 0.15) is 5.56 Å². The average molecular weight is 486 g/mol. The molecule has 14 heteroatoms. The van der Waals surface area contributed by atoms with E-state index in [0.29, 0.717) is 11.3 Å². The number of methoxy groups -OCH3 is 1. The number of carboxylic acid groups (broad SMARTS) is 5. The minimum Gasteiger partial charge on any atom is -0.504 e. The van der Waals surface area contributed by atoms with E-state index in [4.69, 9.17) is 30.3 Å². The van der Waals surface area contributed by atoms with Gasteiger partial charge in [-0.2, -0.15) is 0 Å². The van der Waals surface area contributed by atoms with Gasteiger partial charge < -0.3 is 35.4 Å². The molecule has 0 saturated heterocycles. The second-order valence-corrected chi connectivity index (χ2v) is 6.60. The molecule has 0 saturated carbocycles. The van der Waals surface area contributed by atoms with Crippen LogP contribution >= 0.6 is 0 Å². The summed E-state index contributed by atoms with van der Waals surface area (Å²) in [5.74, 6) is -5.58. The van der Waals surface area contributed by atoms with Crippen molar-refractivity contribution < 1.29 is 59.3 Å². The summed E-state index contributed by atoms with van der Waals surface area (Å²) in [5, 5.41) is 52.1. The molecule has 0 aromatic heterocycles. The van der Waals surface area contributed by atoms with Gasteiger partial charge in [-0.05, 0) is 23.8 Å². The molecule has 0 heterocycles. The Bertz CT molecular complexity index is 832. The highest BCUT2D eigenvalue weighted by atomic mass is 16.5. The highest BCUT2D eigenvalue weighted by molar-refractivity contribution is 5.85. The zero-order valence-electron chi connectivity index (χ0n) is 18.2. The third-order valence-corrected chi connectivity index (χ3v) is 3.79. The van der Waals surface area contributed by atoms with Crippen molar-refractivity contribution in [1.29, 1.82) is 0 Å². The maximum Gasteiger partial charge on any atom is 0.328 e. The monoisotopic (exact) mass is 486 g/mol. The van der Waals surface area contributed by atoms with E-state index >= 15 is 0 Å². The number of aliphatic carboxylic acids is 5. The zero-order chi connectivity index (χ0) is 26.3. The third kappa shape index (κ3) is 14.8. The van der Waals surface area contributed by atoms with E-state index in [9.17, 15) is 29.1 Å². The number of benzene rings is 1. The lowest BCUT2D eigenvalue weighted by Crippen LogP contribution is -2.43. The first-order chi connectivity index (χ1) is 15.8. The Labute approximate surface area is 193 Å². The van der Waals surface area contributed by atoms with Crippen molar-refractivity contribution in [1.82, 2.24) is 9.80 Å². The quantitative estimate of drug-likeness (QED) is 0.181. The van der Waals surface area contributed by atoms with Crippen LogP contribution in [-0.4, -0.2) is 117 Å². The molecule has 0 aliphatic carbocycles. The summed E-state index contributed by atoms with van der Waals surface area (Å²) >= 11 is 0. The molecule has 34 heavy (non-hydrogen) atoms. The van der Waals surface area contributed by atoms with Crippen LogP contribution in [0.4, 0.5) is 0 Å². The Morgan fingerprint density at radius 3 is 1.53 bits per heavy atom. The lowest BCUT2D eigenvalue weighted by Gasteiger charge is -2.23. The fourth-order valence-corrected chi connectivity index (χ4v) is 2.44. The summed E-state index contributed by atoms with van der Waals surface area (Å²) in [4.78, 5) is 54.6. The molecular formula is C20H26N2O12. The van der Waals surface area contributed by atoms with Gasteiger partial charge in [-0.3, -0.25) is 29.0 Å². The number of ether oxygens (including phenoxy) is 1. The summed E-state index contributed by atoms with van der Waals surface area (Å²) in [6.45, 7) is -2.25. The van der Waals surface area contributed by atoms with E-state index in [-0.39, 0.29) is 18.8 Å². The molecule has 0 aliphatic heterocycles. The summed E-state index contributed by atoms with van der Waals surface area (Å²) in [5.41, 5.74) is 0.655. The molecule has 0 spiro atoms. The van der Waals surface area contributed by atoms with E-state index in [0.717, 1.165) is 15.9 Å². The molecule has 1 aromatic rings. The molecule has 188 valence electrons. The van der Waals surface area contributed by atoms with Gasteiger partial charge in [0.1, 0.15) is 0 Å². The molecule has 0 fully saturated rings.